The van der Waals surface area contributed by atoms with Crippen LogP contribution in [-0.4, -0.2) is 53.8 Å². The molecule has 0 bridgehead atoms. The van der Waals surface area contributed by atoms with E-state index < -0.39 is 30.5 Å². The lowest BCUT2D eigenvalue weighted by atomic mass is 9.78. The minimum atomic E-state index is -2.06. The van der Waals surface area contributed by atoms with Gasteiger partial charge in [-0.05, 0) is 24.9 Å². The fourth-order valence-electron chi connectivity index (χ4n) is 2.35. The Morgan fingerprint density at radius 2 is 1.68 bits per heavy atom. The van der Waals surface area contributed by atoms with Crippen molar-refractivity contribution in [3.05, 3.63) is 29.8 Å². The normalized spacial score (nSPS) is 10.8. The number of hydrogen-bond acceptors (Lipinski definition) is 7. The lowest BCUT2D eigenvalue weighted by Crippen LogP contribution is -2.62. The van der Waals surface area contributed by atoms with E-state index in [0.29, 0.717) is 5.56 Å². The topological polar surface area (TPSA) is 122 Å². The lowest BCUT2D eigenvalue weighted by Gasteiger charge is -2.29. The highest BCUT2D eigenvalue weighted by Gasteiger charge is 2.50. The quantitative estimate of drug-likeness (QED) is 0.309. The van der Waals surface area contributed by atoms with Crippen LogP contribution in [0.5, 0.6) is 0 Å². The Bertz CT molecular complexity index is 615. The van der Waals surface area contributed by atoms with Crippen LogP contribution in [0.1, 0.15) is 26.3 Å². The van der Waals surface area contributed by atoms with Gasteiger partial charge in [0, 0.05) is 13.3 Å². The first-order chi connectivity index (χ1) is 11.8. The fourth-order valence-corrected chi connectivity index (χ4v) is 2.35. The Kier molecular flexibility index (Phi) is 7.59. The SMILES string of the molecule is CCOC(=O)C(Cc1cccc(B(O)O)c1)(NC(C)=O)C(=O)OCC. The molecule has 1 aromatic carbocycles. The van der Waals surface area contributed by atoms with E-state index in [1.807, 2.05) is 0 Å². The summed E-state index contributed by atoms with van der Waals surface area (Å²) in [5.41, 5.74) is -1.46. The number of carbonyl (C=O) groups is 3. The van der Waals surface area contributed by atoms with Crippen LogP contribution >= 0.6 is 0 Å². The van der Waals surface area contributed by atoms with E-state index in [1.54, 1.807) is 26.0 Å². The molecule has 0 radical (unpaired) electrons. The Labute approximate surface area is 146 Å². The molecule has 0 saturated carbocycles. The van der Waals surface area contributed by atoms with Crippen molar-refractivity contribution in [2.24, 2.45) is 0 Å². The van der Waals surface area contributed by atoms with Crippen molar-refractivity contribution in [2.75, 3.05) is 13.2 Å². The van der Waals surface area contributed by atoms with Crippen molar-refractivity contribution in [1.29, 1.82) is 0 Å². The van der Waals surface area contributed by atoms with Gasteiger partial charge in [0.05, 0.1) is 13.2 Å². The molecule has 0 fully saturated rings. The van der Waals surface area contributed by atoms with Crippen molar-refractivity contribution in [3.8, 4) is 0 Å². The van der Waals surface area contributed by atoms with E-state index in [4.69, 9.17) is 9.47 Å². The van der Waals surface area contributed by atoms with Crippen LogP contribution in [0.3, 0.4) is 0 Å². The minimum absolute atomic E-state index is 0.00890. The number of carbonyl (C=O) groups excluding carboxylic acids is 3. The molecule has 3 N–H and O–H groups in total. The highest BCUT2D eigenvalue weighted by atomic mass is 16.6. The summed E-state index contributed by atoms with van der Waals surface area (Å²) in [5.74, 6) is -2.50. The maximum atomic E-state index is 12.5. The molecular formula is C16H22BNO7. The highest BCUT2D eigenvalue weighted by molar-refractivity contribution is 6.58. The van der Waals surface area contributed by atoms with Gasteiger partial charge in [-0.2, -0.15) is 0 Å². The van der Waals surface area contributed by atoms with E-state index in [1.165, 1.54) is 19.1 Å². The molecule has 0 atom stereocenters. The summed E-state index contributed by atoms with van der Waals surface area (Å²) in [5, 5.41) is 20.9. The van der Waals surface area contributed by atoms with Gasteiger partial charge in [-0.25, -0.2) is 9.59 Å². The molecule has 9 heteroatoms. The van der Waals surface area contributed by atoms with Crippen molar-refractivity contribution in [1.82, 2.24) is 5.32 Å². The van der Waals surface area contributed by atoms with Crippen LogP contribution in [0.2, 0.25) is 0 Å². The van der Waals surface area contributed by atoms with Crippen molar-refractivity contribution >= 4 is 30.4 Å². The molecular weight excluding hydrogens is 329 g/mol. The van der Waals surface area contributed by atoms with E-state index in [2.05, 4.69) is 5.32 Å². The molecule has 0 spiro atoms. The minimum Gasteiger partial charge on any atom is -0.464 e. The second-order valence-corrected chi connectivity index (χ2v) is 5.32. The van der Waals surface area contributed by atoms with Crippen LogP contribution in [-0.2, 0) is 30.3 Å². The molecule has 1 aromatic rings. The molecule has 0 heterocycles. The summed E-state index contributed by atoms with van der Waals surface area (Å²) in [4.78, 5) is 36.6. The van der Waals surface area contributed by atoms with E-state index in [-0.39, 0.29) is 25.1 Å². The molecule has 0 aliphatic heterocycles. The zero-order chi connectivity index (χ0) is 19.0. The zero-order valence-electron chi connectivity index (χ0n) is 14.4. The van der Waals surface area contributed by atoms with Crippen LogP contribution in [0.4, 0.5) is 0 Å². The molecule has 136 valence electrons. The Morgan fingerprint density at radius 3 is 2.12 bits per heavy atom. The monoisotopic (exact) mass is 351 g/mol. The van der Waals surface area contributed by atoms with Gasteiger partial charge in [0.25, 0.3) is 0 Å². The molecule has 1 amide bonds. The summed E-state index contributed by atoms with van der Waals surface area (Å²) in [6, 6.07) is 6.02. The largest absolute Gasteiger partial charge is 0.488 e. The molecule has 0 saturated heterocycles. The van der Waals surface area contributed by atoms with Gasteiger partial charge < -0.3 is 24.8 Å². The van der Waals surface area contributed by atoms with Crippen molar-refractivity contribution in [3.63, 3.8) is 0 Å². The smallest absolute Gasteiger partial charge is 0.464 e. The summed E-state index contributed by atoms with van der Waals surface area (Å²) < 4.78 is 9.94. The summed E-state index contributed by atoms with van der Waals surface area (Å²) in [6.07, 6.45) is -0.259. The fraction of sp³-hybridized carbons (Fsp3) is 0.438. The van der Waals surface area contributed by atoms with Gasteiger partial charge >= 0.3 is 19.1 Å². The third kappa shape index (κ3) is 5.30. The third-order valence-corrected chi connectivity index (χ3v) is 3.36. The number of amides is 1. The second-order valence-electron chi connectivity index (χ2n) is 5.32. The van der Waals surface area contributed by atoms with Crippen molar-refractivity contribution in [2.45, 2.75) is 32.7 Å². The molecule has 0 unspecified atom stereocenters. The molecule has 0 aliphatic carbocycles. The number of benzene rings is 1. The number of esters is 2. The first-order valence-electron chi connectivity index (χ1n) is 7.85. The maximum absolute atomic E-state index is 12.5. The predicted octanol–water partition coefficient (Wildman–Crippen LogP) is -1.09. The summed E-state index contributed by atoms with van der Waals surface area (Å²) in [6.45, 7) is 4.33. The van der Waals surface area contributed by atoms with Crippen LogP contribution in [0, 0.1) is 0 Å². The summed E-state index contributed by atoms with van der Waals surface area (Å²) in [7, 11) is -1.71. The van der Waals surface area contributed by atoms with Gasteiger partial charge in [0.15, 0.2) is 0 Å². The average molecular weight is 351 g/mol. The van der Waals surface area contributed by atoms with Gasteiger partial charge in [-0.15, -0.1) is 0 Å². The molecule has 0 aromatic heterocycles. The van der Waals surface area contributed by atoms with Gasteiger partial charge in [-0.1, -0.05) is 24.3 Å². The molecule has 25 heavy (non-hydrogen) atoms. The number of nitrogens with one attached hydrogen (secondary N) is 1. The third-order valence-electron chi connectivity index (χ3n) is 3.36. The van der Waals surface area contributed by atoms with Crippen LogP contribution < -0.4 is 10.8 Å². The van der Waals surface area contributed by atoms with Crippen molar-refractivity contribution < 1.29 is 33.9 Å². The average Bonchev–Trinajstić information content (AvgIpc) is 2.54. The predicted molar refractivity (Wildman–Crippen MR) is 89.8 cm³/mol. The summed E-state index contributed by atoms with van der Waals surface area (Å²) >= 11 is 0. The first kappa shape index (κ1) is 20.7. The van der Waals surface area contributed by atoms with Gasteiger partial charge in [0.1, 0.15) is 0 Å². The van der Waals surface area contributed by atoms with E-state index >= 15 is 0 Å². The number of hydrogen-bond donors (Lipinski definition) is 3. The highest BCUT2D eigenvalue weighted by Crippen LogP contribution is 2.18. The molecule has 8 nitrogen and oxygen atoms in total. The van der Waals surface area contributed by atoms with Crippen LogP contribution in [0.25, 0.3) is 0 Å². The number of rotatable bonds is 8. The Morgan fingerprint density at radius 1 is 1.12 bits per heavy atom. The second kappa shape index (κ2) is 9.19. The Balaban J connectivity index is 3.36. The first-order valence-corrected chi connectivity index (χ1v) is 7.85. The van der Waals surface area contributed by atoms with E-state index in [0.717, 1.165) is 0 Å². The maximum Gasteiger partial charge on any atom is 0.488 e. The standard InChI is InChI=1S/C16H22BNO7/c1-4-24-14(20)16(18-11(3)19,15(21)25-5-2)10-12-7-6-8-13(9-12)17(22)23/h6-9,22-23H,4-5,10H2,1-3H3,(H,18,19). The van der Waals surface area contributed by atoms with E-state index in [9.17, 15) is 24.4 Å². The number of ether oxygens (including phenoxy) is 2. The van der Waals surface area contributed by atoms with Crippen LogP contribution in [0.15, 0.2) is 24.3 Å². The van der Waals surface area contributed by atoms with Gasteiger partial charge in [0.2, 0.25) is 11.4 Å². The Hall–Kier alpha value is -2.39. The molecule has 1 rings (SSSR count). The lowest BCUT2D eigenvalue weighted by molar-refractivity contribution is -0.168. The zero-order valence-corrected chi connectivity index (χ0v) is 14.4. The molecule has 0 aliphatic rings. The van der Waals surface area contributed by atoms with Gasteiger partial charge in [-0.3, -0.25) is 4.79 Å².